The predicted octanol–water partition coefficient (Wildman–Crippen LogP) is 2.38. The lowest BCUT2D eigenvalue weighted by Crippen LogP contribution is -2.46. The van der Waals surface area contributed by atoms with Crippen molar-refractivity contribution in [3.8, 4) is 0 Å². The summed E-state index contributed by atoms with van der Waals surface area (Å²) in [6.07, 6.45) is 1.61. The molecule has 0 radical (unpaired) electrons. The fourth-order valence-electron chi connectivity index (χ4n) is 2.31. The number of benzene rings is 1. The molecule has 7 heteroatoms. The molecule has 1 atom stereocenters. The molecule has 1 unspecified atom stereocenters. The summed E-state index contributed by atoms with van der Waals surface area (Å²) in [7, 11) is 0. The van der Waals surface area contributed by atoms with Gasteiger partial charge in [0, 0.05) is 24.2 Å². The van der Waals surface area contributed by atoms with Gasteiger partial charge >= 0.3 is 0 Å². The molecule has 0 saturated carbocycles. The van der Waals surface area contributed by atoms with Crippen LogP contribution in [-0.2, 0) is 16.1 Å². The summed E-state index contributed by atoms with van der Waals surface area (Å²) in [6.45, 7) is 1.58. The molecule has 1 saturated heterocycles. The van der Waals surface area contributed by atoms with Crippen LogP contribution in [0, 0.1) is 11.7 Å². The van der Waals surface area contributed by atoms with Gasteiger partial charge in [-0.25, -0.2) is 4.39 Å². The van der Waals surface area contributed by atoms with Gasteiger partial charge in [-0.1, -0.05) is 15.9 Å². The van der Waals surface area contributed by atoms with Crippen LogP contribution in [0.4, 0.5) is 4.39 Å². The zero-order valence-electron chi connectivity index (χ0n) is 11.5. The van der Waals surface area contributed by atoms with E-state index < -0.39 is 6.04 Å². The Bertz CT molecular complexity index is 464. The largest absolute Gasteiger partial charge is 0.381 e. The number of rotatable bonds is 4. The molecule has 1 aliphatic heterocycles. The first kappa shape index (κ1) is 18.4. The molecule has 2 rings (SSSR count). The van der Waals surface area contributed by atoms with Crippen LogP contribution < -0.4 is 11.1 Å². The van der Waals surface area contributed by atoms with Gasteiger partial charge in [0.05, 0.1) is 6.04 Å². The van der Waals surface area contributed by atoms with Crippen molar-refractivity contribution in [1.82, 2.24) is 5.32 Å². The van der Waals surface area contributed by atoms with E-state index in [0.29, 0.717) is 23.2 Å². The van der Waals surface area contributed by atoms with E-state index in [1.165, 1.54) is 12.1 Å². The summed E-state index contributed by atoms with van der Waals surface area (Å²) in [6, 6.07) is 4.00. The van der Waals surface area contributed by atoms with Gasteiger partial charge in [0.15, 0.2) is 0 Å². The van der Waals surface area contributed by atoms with Gasteiger partial charge in [0.2, 0.25) is 5.91 Å². The lowest BCUT2D eigenvalue weighted by atomic mass is 9.92. The predicted molar refractivity (Wildman–Crippen MR) is 84.7 cm³/mol. The lowest BCUT2D eigenvalue weighted by molar-refractivity contribution is -0.124. The molecular formula is C14H19BrClFN2O2. The lowest BCUT2D eigenvalue weighted by Gasteiger charge is -2.26. The van der Waals surface area contributed by atoms with E-state index in [1.54, 1.807) is 6.07 Å². The molecule has 0 bridgehead atoms. The van der Waals surface area contributed by atoms with E-state index >= 15 is 0 Å². The van der Waals surface area contributed by atoms with Crippen molar-refractivity contribution in [2.75, 3.05) is 13.2 Å². The van der Waals surface area contributed by atoms with Crippen molar-refractivity contribution >= 4 is 34.2 Å². The van der Waals surface area contributed by atoms with Crippen LogP contribution in [-0.4, -0.2) is 25.2 Å². The first-order valence-corrected chi connectivity index (χ1v) is 7.41. The number of hydrogen-bond donors (Lipinski definition) is 2. The average molecular weight is 382 g/mol. The van der Waals surface area contributed by atoms with E-state index in [1.807, 2.05) is 0 Å². The number of carbonyl (C=O) groups excluding carboxylic acids is 1. The number of hydrogen-bond acceptors (Lipinski definition) is 3. The Kier molecular flexibility index (Phi) is 7.59. The zero-order valence-corrected chi connectivity index (χ0v) is 13.9. The molecule has 1 aromatic rings. The Morgan fingerprint density at radius 1 is 1.43 bits per heavy atom. The maximum Gasteiger partial charge on any atom is 0.237 e. The third-order valence-corrected chi connectivity index (χ3v) is 3.92. The fraction of sp³-hybridized carbons (Fsp3) is 0.500. The number of halogens is 3. The Morgan fingerprint density at radius 2 is 2.10 bits per heavy atom. The highest BCUT2D eigenvalue weighted by molar-refractivity contribution is 9.10. The Hall–Kier alpha value is -0.690. The zero-order chi connectivity index (χ0) is 14.5. The SMILES string of the molecule is Cl.NC(C(=O)NCc1cc(F)cc(Br)c1)C1CCOCC1. The molecule has 3 N–H and O–H groups in total. The van der Waals surface area contributed by atoms with Gasteiger partial charge in [-0.3, -0.25) is 4.79 Å². The third-order valence-electron chi connectivity index (χ3n) is 3.47. The minimum Gasteiger partial charge on any atom is -0.381 e. The van der Waals surface area contributed by atoms with Crippen molar-refractivity contribution in [2.24, 2.45) is 11.7 Å². The minimum atomic E-state index is -0.532. The highest BCUT2D eigenvalue weighted by atomic mass is 79.9. The summed E-state index contributed by atoms with van der Waals surface area (Å²) in [4.78, 5) is 12.0. The molecule has 1 aromatic carbocycles. The Balaban J connectivity index is 0.00000220. The maximum absolute atomic E-state index is 13.2. The fourth-order valence-corrected chi connectivity index (χ4v) is 2.82. The smallest absolute Gasteiger partial charge is 0.237 e. The van der Waals surface area contributed by atoms with Gasteiger partial charge in [-0.05, 0) is 42.5 Å². The summed E-state index contributed by atoms with van der Waals surface area (Å²) in [5.41, 5.74) is 6.66. The summed E-state index contributed by atoms with van der Waals surface area (Å²) in [5, 5.41) is 2.76. The summed E-state index contributed by atoms with van der Waals surface area (Å²) in [5.74, 6) is -0.377. The Labute approximate surface area is 138 Å². The topological polar surface area (TPSA) is 64.4 Å². The highest BCUT2D eigenvalue weighted by Gasteiger charge is 2.26. The highest BCUT2D eigenvalue weighted by Crippen LogP contribution is 2.18. The Morgan fingerprint density at radius 3 is 2.71 bits per heavy atom. The van der Waals surface area contributed by atoms with Gasteiger partial charge in [-0.2, -0.15) is 0 Å². The van der Waals surface area contributed by atoms with Crippen LogP contribution >= 0.6 is 28.3 Å². The summed E-state index contributed by atoms with van der Waals surface area (Å²) >= 11 is 3.22. The summed E-state index contributed by atoms with van der Waals surface area (Å²) < 4.78 is 19.1. The number of ether oxygens (including phenoxy) is 1. The van der Waals surface area contributed by atoms with Crippen LogP contribution in [0.3, 0.4) is 0 Å². The molecule has 118 valence electrons. The number of nitrogens with one attached hydrogen (secondary N) is 1. The van der Waals surface area contributed by atoms with E-state index in [-0.39, 0.29) is 36.6 Å². The standard InChI is InChI=1S/C14H18BrFN2O2.ClH/c15-11-5-9(6-12(16)7-11)8-18-14(19)13(17)10-1-3-20-4-2-10;/h5-7,10,13H,1-4,8,17H2,(H,18,19);1H. The number of nitrogens with two attached hydrogens (primary N) is 1. The average Bonchev–Trinajstić information content (AvgIpc) is 2.44. The second-order valence-corrected chi connectivity index (χ2v) is 5.89. The number of carbonyl (C=O) groups is 1. The second-order valence-electron chi connectivity index (χ2n) is 4.97. The van der Waals surface area contributed by atoms with E-state index in [4.69, 9.17) is 10.5 Å². The third kappa shape index (κ3) is 5.54. The van der Waals surface area contributed by atoms with Crippen molar-refractivity contribution in [1.29, 1.82) is 0 Å². The molecule has 1 heterocycles. The monoisotopic (exact) mass is 380 g/mol. The van der Waals surface area contributed by atoms with Crippen molar-refractivity contribution in [2.45, 2.75) is 25.4 Å². The minimum absolute atomic E-state index is 0. The van der Waals surface area contributed by atoms with Crippen LogP contribution in [0.5, 0.6) is 0 Å². The molecule has 21 heavy (non-hydrogen) atoms. The van der Waals surface area contributed by atoms with E-state index in [9.17, 15) is 9.18 Å². The molecule has 1 fully saturated rings. The van der Waals surface area contributed by atoms with Gasteiger partial charge in [-0.15, -0.1) is 12.4 Å². The van der Waals surface area contributed by atoms with E-state index in [0.717, 1.165) is 12.8 Å². The van der Waals surface area contributed by atoms with E-state index in [2.05, 4.69) is 21.2 Å². The quantitative estimate of drug-likeness (QED) is 0.841. The van der Waals surface area contributed by atoms with Gasteiger partial charge < -0.3 is 15.8 Å². The molecule has 0 spiro atoms. The first-order chi connectivity index (χ1) is 9.56. The van der Waals surface area contributed by atoms with Crippen LogP contribution in [0.25, 0.3) is 0 Å². The molecule has 4 nitrogen and oxygen atoms in total. The molecule has 0 aliphatic carbocycles. The second kappa shape index (κ2) is 8.68. The van der Waals surface area contributed by atoms with Crippen LogP contribution in [0.1, 0.15) is 18.4 Å². The van der Waals surface area contributed by atoms with Gasteiger partial charge in [0.25, 0.3) is 0 Å². The molecular weight excluding hydrogens is 363 g/mol. The van der Waals surface area contributed by atoms with Crippen molar-refractivity contribution < 1.29 is 13.9 Å². The first-order valence-electron chi connectivity index (χ1n) is 6.62. The number of amides is 1. The van der Waals surface area contributed by atoms with Crippen LogP contribution in [0.2, 0.25) is 0 Å². The normalized spacial score (nSPS) is 16.9. The maximum atomic E-state index is 13.2. The van der Waals surface area contributed by atoms with Crippen LogP contribution in [0.15, 0.2) is 22.7 Å². The molecule has 1 amide bonds. The van der Waals surface area contributed by atoms with Crippen molar-refractivity contribution in [3.63, 3.8) is 0 Å². The van der Waals surface area contributed by atoms with Gasteiger partial charge in [0.1, 0.15) is 5.82 Å². The van der Waals surface area contributed by atoms with Crippen molar-refractivity contribution in [3.05, 3.63) is 34.1 Å². The molecule has 1 aliphatic rings. The molecule has 0 aromatic heterocycles.